The molecular formula is C60H61ClN12O4. The van der Waals surface area contributed by atoms with E-state index in [4.69, 9.17) is 26.8 Å². The number of anilines is 3. The van der Waals surface area contributed by atoms with Gasteiger partial charge in [-0.15, -0.1) is 0 Å². The van der Waals surface area contributed by atoms with E-state index in [9.17, 15) is 9.59 Å². The molecule has 8 heterocycles. The van der Waals surface area contributed by atoms with Crippen molar-refractivity contribution in [3.8, 4) is 45.1 Å². The molecule has 2 aromatic carbocycles. The number of nitrogens with two attached hydrogens (primary N) is 1. The maximum atomic E-state index is 13.7. The van der Waals surface area contributed by atoms with Gasteiger partial charge in [0, 0.05) is 84.3 Å². The Bertz CT molecular complexity index is 3570. The standard InChI is InChI=1S/C30H30N6O2.C19H12ClN3O.C11H19N3O/c1-3-35(4-2)16-17-38-25-10-11-28(33-21-25)34-29-19-27-23(20-32-29)18-26(22-8-6-5-7-9-22)30(37)36(27)24-12-14-31-15-13-24;20-18-11-17-14(12-22-18)10-16(13-4-2-1-3-5-13)19(24)23(17)15-6-8-21-9-7-15;1-3-14(4-2)7-8-15-10-5-6-11(12)13-9-10/h5-15,18-21H,3-4,16-17H2,1-2H3,(H,32,33,34);1-12H;5-6,9H,3-4,7-8H2,1-2H3,(H2,12,13). The van der Waals surface area contributed by atoms with Crippen molar-refractivity contribution in [2.24, 2.45) is 0 Å². The minimum Gasteiger partial charge on any atom is -0.491 e. The number of hydrogen-bond acceptors (Lipinski definition) is 14. The molecule has 0 saturated heterocycles. The second-order valence-corrected chi connectivity index (χ2v) is 17.8. The van der Waals surface area contributed by atoms with Gasteiger partial charge >= 0.3 is 0 Å². The first kappa shape index (κ1) is 54.4. The Morgan fingerprint density at radius 1 is 0.519 bits per heavy atom. The first-order valence-corrected chi connectivity index (χ1v) is 25.9. The minimum atomic E-state index is -0.114. The van der Waals surface area contributed by atoms with Crippen LogP contribution in [0.4, 0.5) is 17.5 Å². The van der Waals surface area contributed by atoms with Crippen LogP contribution in [0, 0.1) is 0 Å². The Hall–Kier alpha value is -8.83. The summed E-state index contributed by atoms with van der Waals surface area (Å²) in [6.45, 7) is 15.8. The fourth-order valence-corrected chi connectivity index (χ4v) is 8.57. The van der Waals surface area contributed by atoms with Crippen LogP contribution in [0.5, 0.6) is 11.5 Å². The predicted molar refractivity (Wildman–Crippen MR) is 309 cm³/mol. The molecule has 0 amide bonds. The van der Waals surface area contributed by atoms with Crippen molar-refractivity contribution in [2.75, 3.05) is 63.5 Å². The molecule has 0 atom stereocenters. The molecule has 16 nitrogen and oxygen atoms in total. The summed E-state index contributed by atoms with van der Waals surface area (Å²) in [4.78, 5) is 56.8. The molecule has 0 fully saturated rings. The number of nitrogens with one attached hydrogen (secondary N) is 1. The number of benzene rings is 2. The number of ether oxygens (including phenoxy) is 2. The summed E-state index contributed by atoms with van der Waals surface area (Å²) < 4.78 is 14.7. The molecule has 0 radical (unpaired) electrons. The number of nitrogen functional groups attached to an aromatic ring is 1. The first-order chi connectivity index (χ1) is 37.7. The van der Waals surface area contributed by atoms with Crippen molar-refractivity contribution in [3.63, 3.8) is 0 Å². The third-order valence-corrected chi connectivity index (χ3v) is 12.9. The van der Waals surface area contributed by atoms with Gasteiger partial charge in [-0.2, -0.15) is 0 Å². The monoisotopic (exact) mass is 1050 g/mol. The predicted octanol–water partition coefficient (Wildman–Crippen LogP) is 10.8. The van der Waals surface area contributed by atoms with Crippen molar-refractivity contribution in [2.45, 2.75) is 27.7 Å². The van der Waals surface area contributed by atoms with Gasteiger partial charge in [-0.05, 0) is 98.0 Å². The zero-order chi connectivity index (χ0) is 53.9. The average Bonchev–Trinajstić information content (AvgIpc) is 3.49. The molecule has 10 aromatic rings. The van der Waals surface area contributed by atoms with E-state index >= 15 is 0 Å². The second kappa shape index (κ2) is 27.1. The van der Waals surface area contributed by atoms with E-state index < -0.39 is 0 Å². The smallest absolute Gasteiger partial charge is 0.263 e. The van der Waals surface area contributed by atoms with Crippen molar-refractivity contribution in [3.05, 3.63) is 209 Å². The number of rotatable bonds is 18. The van der Waals surface area contributed by atoms with Crippen LogP contribution in [0.2, 0.25) is 5.15 Å². The topological polar surface area (TPSA) is 184 Å². The Morgan fingerprint density at radius 3 is 1.43 bits per heavy atom. The van der Waals surface area contributed by atoms with E-state index in [2.05, 4.69) is 72.7 Å². The molecular weight excluding hydrogens is 988 g/mol. The van der Waals surface area contributed by atoms with Gasteiger partial charge in [0.25, 0.3) is 11.1 Å². The van der Waals surface area contributed by atoms with Crippen molar-refractivity contribution in [1.82, 2.24) is 48.8 Å². The van der Waals surface area contributed by atoms with Gasteiger partial charge in [0.2, 0.25) is 0 Å². The van der Waals surface area contributed by atoms with E-state index in [1.54, 1.807) is 83.0 Å². The maximum Gasteiger partial charge on any atom is 0.263 e. The number of nitrogens with zero attached hydrogens (tertiary/aromatic N) is 10. The Morgan fingerprint density at radius 2 is 0.974 bits per heavy atom. The Kier molecular flexibility index (Phi) is 19.2. The largest absolute Gasteiger partial charge is 0.491 e. The van der Waals surface area contributed by atoms with E-state index in [0.29, 0.717) is 58.2 Å². The molecule has 77 heavy (non-hydrogen) atoms. The van der Waals surface area contributed by atoms with Crippen LogP contribution in [-0.2, 0) is 0 Å². The highest BCUT2D eigenvalue weighted by Gasteiger charge is 2.16. The van der Waals surface area contributed by atoms with Crippen LogP contribution in [0.3, 0.4) is 0 Å². The summed E-state index contributed by atoms with van der Waals surface area (Å²) in [7, 11) is 0. The van der Waals surface area contributed by atoms with Crippen LogP contribution in [-0.4, -0.2) is 101 Å². The Labute approximate surface area is 452 Å². The second-order valence-electron chi connectivity index (χ2n) is 17.4. The molecule has 8 aromatic heterocycles. The van der Waals surface area contributed by atoms with Crippen LogP contribution in [0.15, 0.2) is 193 Å². The van der Waals surface area contributed by atoms with E-state index in [0.717, 1.165) is 83.8 Å². The molecule has 10 rings (SSSR count). The number of hydrogen-bond donors (Lipinski definition) is 2. The summed E-state index contributed by atoms with van der Waals surface area (Å²) in [5.41, 5.74) is 11.1. The highest BCUT2D eigenvalue weighted by Crippen LogP contribution is 2.27. The fraction of sp³-hybridized carbons (Fsp3) is 0.200. The lowest BCUT2D eigenvalue weighted by molar-refractivity contribution is 0.222. The van der Waals surface area contributed by atoms with Crippen LogP contribution in [0.1, 0.15) is 27.7 Å². The molecule has 0 saturated carbocycles. The van der Waals surface area contributed by atoms with Gasteiger partial charge in [0.1, 0.15) is 47.3 Å². The van der Waals surface area contributed by atoms with Gasteiger partial charge in [-0.3, -0.25) is 28.7 Å². The lowest BCUT2D eigenvalue weighted by atomic mass is 10.1. The van der Waals surface area contributed by atoms with Crippen molar-refractivity contribution >= 4 is 50.9 Å². The van der Waals surface area contributed by atoms with Gasteiger partial charge < -0.3 is 30.3 Å². The summed E-state index contributed by atoms with van der Waals surface area (Å²) in [6.07, 6.45) is 13.5. The zero-order valence-electron chi connectivity index (χ0n) is 43.5. The molecule has 0 aliphatic heterocycles. The molecule has 0 bridgehead atoms. The third kappa shape index (κ3) is 14.3. The normalized spacial score (nSPS) is 10.9. The Balaban J connectivity index is 0.000000171. The van der Waals surface area contributed by atoms with Gasteiger partial charge in [-0.25, -0.2) is 19.9 Å². The SMILES string of the molecule is CCN(CC)CCOc1ccc(N)nc1.CCN(CC)CCOc1ccc(Nc2cc3c(cn2)cc(-c2ccccc2)c(=O)n3-c2ccncc2)nc1.O=c1c(-c2ccccc2)cc2cnc(Cl)cc2n1-c1ccncc1. The quantitative estimate of drug-likeness (QED) is 0.0774. The summed E-state index contributed by atoms with van der Waals surface area (Å²) >= 11 is 6.05. The van der Waals surface area contributed by atoms with E-state index in [1.807, 2.05) is 109 Å². The molecule has 17 heteroatoms. The third-order valence-electron chi connectivity index (χ3n) is 12.6. The molecule has 392 valence electrons. The zero-order valence-corrected chi connectivity index (χ0v) is 44.3. The minimum absolute atomic E-state index is 0.109. The number of pyridine rings is 8. The number of aromatic nitrogens is 8. The number of fused-ring (bicyclic) bond motifs is 2. The maximum absolute atomic E-state index is 13.7. The molecule has 0 aliphatic rings. The van der Waals surface area contributed by atoms with Crippen molar-refractivity contribution < 1.29 is 9.47 Å². The molecule has 0 unspecified atom stereocenters. The fourth-order valence-electron chi connectivity index (χ4n) is 8.42. The number of halogens is 1. The highest BCUT2D eigenvalue weighted by molar-refractivity contribution is 6.30. The van der Waals surface area contributed by atoms with E-state index in [1.165, 1.54) is 0 Å². The van der Waals surface area contributed by atoms with Crippen molar-refractivity contribution in [1.29, 1.82) is 0 Å². The summed E-state index contributed by atoms with van der Waals surface area (Å²) in [6, 6.07) is 41.1. The molecule has 3 N–H and O–H groups in total. The lowest BCUT2D eigenvalue weighted by Gasteiger charge is -2.18. The molecule has 0 aliphatic carbocycles. The summed E-state index contributed by atoms with van der Waals surface area (Å²) in [5.74, 6) is 3.22. The molecule has 0 spiro atoms. The van der Waals surface area contributed by atoms with Crippen LogP contribution >= 0.6 is 11.6 Å². The average molecular weight is 1050 g/mol. The van der Waals surface area contributed by atoms with Crippen LogP contribution < -0.4 is 31.6 Å². The van der Waals surface area contributed by atoms with E-state index in [-0.39, 0.29) is 11.1 Å². The first-order valence-electron chi connectivity index (χ1n) is 25.5. The summed E-state index contributed by atoms with van der Waals surface area (Å²) in [5, 5.41) is 5.28. The lowest BCUT2D eigenvalue weighted by Crippen LogP contribution is -2.27. The van der Waals surface area contributed by atoms with Gasteiger partial charge in [-0.1, -0.05) is 100.0 Å². The van der Waals surface area contributed by atoms with Gasteiger partial charge in [0.15, 0.2) is 0 Å². The van der Waals surface area contributed by atoms with Crippen LogP contribution in [0.25, 0.3) is 55.4 Å². The highest BCUT2D eigenvalue weighted by atomic mass is 35.5. The number of likely N-dealkylation sites (N-methyl/N-ethyl adjacent to an activating group) is 2. The van der Waals surface area contributed by atoms with Gasteiger partial charge in [0.05, 0.1) is 34.8 Å².